The smallest absolute Gasteiger partial charge is 0.336 e. The molecule has 0 aliphatic carbocycles. The van der Waals surface area contributed by atoms with Gasteiger partial charge in [0, 0.05) is 6.61 Å². The van der Waals surface area contributed by atoms with Crippen LogP contribution in [0.15, 0.2) is 18.2 Å². The molecular formula is C12H14O5. The Balaban J connectivity index is 2.96. The number of rotatable bonds is 6. The average Bonchev–Trinajstić information content (AvgIpc) is 2.29. The van der Waals surface area contributed by atoms with Gasteiger partial charge in [0.1, 0.15) is 0 Å². The van der Waals surface area contributed by atoms with Crippen molar-refractivity contribution in [3.8, 4) is 0 Å². The van der Waals surface area contributed by atoms with E-state index >= 15 is 0 Å². The molecule has 1 aromatic rings. The van der Waals surface area contributed by atoms with Crippen molar-refractivity contribution in [2.45, 2.75) is 20.0 Å². The quantitative estimate of drug-likeness (QED) is 0.740. The largest absolute Gasteiger partial charge is 0.478 e. The van der Waals surface area contributed by atoms with Gasteiger partial charge < -0.3 is 14.9 Å². The summed E-state index contributed by atoms with van der Waals surface area (Å²) in [6.45, 7) is 2.67. The van der Waals surface area contributed by atoms with Crippen LogP contribution in [0.25, 0.3) is 0 Å². The third-order valence-corrected chi connectivity index (χ3v) is 2.19. The maximum atomic E-state index is 11.0. The van der Waals surface area contributed by atoms with Gasteiger partial charge in [-0.3, -0.25) is 0 Å². The Morgan fingerprint density at radius 1 is 1.24 bits per heavy atom. The van der Waals surface area contributed by atoms with Crippen molar-refractivity contribution in [1.82, 2.24) is 0 Å². The number of benzene rings is 1. The van der Waals surface area contributed by atoms with Crippen molar-refractivity contribution in [1.29, 1.82) is 0 Å². The van der Waals surface area contributed by atoms with Crippen LogP contribution in [0.3, 0.4) is 0 Å². The van der Waals surface area contributed by atoms with Gasteiger partial charge in [0.05, 0.1) is 17.7 Å². The Kier molecular flexibility index (Phi) is 4.66. The molecule has 5 heteroatoms. The van der Waals surface area contributed by atoms with Gasteiger partial charge in [-0.15, -0.1) is 0 Å². The molecule has 17 heavy (non-hydrogen) atoms. The van der Waals surface area contributed by atoms with Crippen LogP contribution in [-0.2, 0) is 11.3 Å². The SMILES string of the molecule is CCCOCc1ccc(C(=O)O)cc1C(=O)O. The van der Waals surface area contributed by atoms with Crippen LogP contribution in [0.5, 0.6) is 0 Å². The van der Waals surface area contributed by atoms with Gasteiger partial charge in [0.2, 0.25) is 0 Å². The van der Waals surface area contributed by atoms with E-state index in [9.17, 15) is 9.59 Å². The minimum Gasteiger partial charge on any atom is -0.478 e. The molecule has 0 aliphatic heterocycles. The summed E-state index contributed by atoms with van der Waals surface area (Å²) in [6.07, 6.45) is 0.843. The summed E-state index contributed by atoms with van der Waals surface area (Å²) in [5.74, 6) is -2.29. The first-order valence-corrected chi connectivity index (χ1v) is 5.23. The minimum atomic E-state index is -1.15. The fourth-order valence-electron chi connectivity index (χ4n) is 1.36. The second kappa shape index (κ2) is 6.00. The van der Waals surface area contributed by atoms with Gasteiger partial charge in [-0.25, -0.2) is 9.59 Å². The van der Waals surface area contributed by atoms with Crippen molar-refractivity contribution >= 4 is 11.9 Å². The van der Waals surface area contributed by atoms with Gasteiger partial charge in [-0.05, 0) is 24.1 Å². The predicted molar refractivity (Wildman–Crippen MR) is 60.3 cm³/mol. The van der Waals surface area contributed by atoms with Crippen molar-refractivity contribution in [2.24, 2.45) is 0 Å². The summed E-state index contributed by atoms with van der Waals surface area (Å²) in [5, 5.41) is 17.8. The van der Waals surface area contributed by atoms with E-state index < -0.39 is 11.9 Å². The van der Waals surface area contributed by atoms with Crippen LogP contribution in [0, 0.1) is 0 Å². The molecule has 0 saturated heterocycles. The number of ether oxygens (including phenoxy) is 1. The molecule has 0 atom stereocenters. The Morgan fingerprint density at radius 2 is 1.94 bits per heavy atom. The lowest BCUT2D eigenvalue weighted by atomic mass is 10.0. The monoisotopic (exact) mass is 238 g/mol. The maximum absolute atomic E-state index is 11.0. The standard InChI is InChI=1S/C12H14O5/c1-2-5-17-7-9-4-3-8(11(13)14)6-10(9)12(15)16/h3-4,6H,2,5,7H2,1H3,(H,13,14)(H,15,16). The molecule has 0 bridgehead atoms. The molecule has 0 saturated carbocycles. The Labute approximate surface area is 98.6 Å². The van der Waals surface area contributed by atoms with Crippen LogP contribution in [0.1, 0.15) is 39.6 Å². The van der Waals surface area contributed by atoms with Gasteiger partial charge >= 0.3 is 11.9 Å². The lowest BCUT2D eigenvalue weighted by molar-refractivity contribution is 0.0687. The van der Waals surface area contributed by atoms with E-state index in [0.29, 0.717) is 12.2 Å². The molecule has 0 heterocycles. The zero-order valence-electron chi connectivity index (χ0n) is 9.47. The van der Waals surface area contributed by atoms with Crippen molar-refractivity contribution in [2.75, 3.05) is 6.61 Å². The lowest BCUT2D eigenvalue weighted by Gasteiger charge is -2.07. The van der Waals surface area contributed by atoms with Crippen LogP contribution < -0.4 is 0 Å². The maximum Gasteiger partial charge on any atom is 0.336 e. The van der Waals surface area contributed by atoms with Crippen molar-refractivity contribution < 1.29 is 24.5 Å². The van der Waals surface area contributed by atoms with Crippen molar-refractivity contribution in [3.63, 3.8) is 0 Å². The molecule has 0 amide bonds. The second-order valence-electron chi connectivity index (χ2n) is 3.53. The van der Waals surface area contributed by atoms with Crippen LogP contribution >= 0.6 is 0 Å². The molecule has 92 valence electrons. The van der Waals surface area contributed by atoms with Gasteiger partial charge in [0.15, 0.2) is 0 Å². The molecule has 0 aliphatic rings. The number of carbonyl (C=O) groups is 2. The van der Waals surface area contributed by atoms with Crippen LogP contribution in [-0.4, -0.2) is 28.8 Å². The fraction of sp³-hybridized carbons (Fsp3) is 0.333. The molecular weight excluding hydrogens is 224 g/mol. The first kappa shape index (κ1) is 13.2. The van der Waals surface area contributed by atoms with Gasteiger partial charge in [-0.1, -0.05) is 13.0 Å². The topological polar surface area (TPSA) is 83.8 Å². The fourth-order valence-corrected chi connectivity index (χ4v) is 1.36. The van der Waals surface area contributed by atoms with Crippen molar-refractivity contribution in [3.05, 3.63) is 34.9 Å². The predicted octanol–water partition coefficient (Wildman–Crippen LogP) is 2.01. The Bertz CT molecular complexity index is 425. The van der Waals surface area contributed by atoms with E-state index in [0.717, 1.165) is 12.5 Å². The summed E-state index contributed by atoms with van der Waals surface area (Å²) < 4.78 is 5.25. The summed E-state index contributed by atoms with van der Waals surface area (Å²) in [6, 6.07) is 4.00. The third-order valence-electron chi connectivity index (χ3n) is 2.19. The first-order valence-electron chi connectivity index (χ1n) is 5.23. The van der Waals surface area contributed by atoms with E-state index in [1.807, 2.05) is 6.92 Å². The third kappa shape index (κ3) is 3.57. The Hall–Kier alpha value is -1.88. The average molecular weight is 238 g/mol. The number of carboxylic acid groups (broad SMARTS) is 2. The summed E-state index contributed by atoms with van der Waals surface area (Å²) in [4.78, 5) is 21.7. The first-order chi connectivity index (χ1) is 8.06. The highest BCUT2D eigenvalue weighted by Gasteiger charge is 2.13. The van der Waals surface area contributed by atoms with E-state index in [1.54, 1.807) is 0 Å². The van der Waals surface area contributed by atoms with E-state index in [1.165, 1.54) is 12.1 Å². The van der Waals surface area contributed by atoms with E-state index in [-0.39, 0.29) is 17.7 Å². The molecule has 0 aromatic heterocycles. The molecule has 1 aromatic carbocycles. The Morgan fingerprint density at radius 3 is 2.47 bits per heavy atom. The normalized spacial score (nSPS) is 10.2. The number of hydrogen-bond acceptors (Lipinski definition) is 3. The number of aromatic carboxylic acids is 2. The van der Waals surface area contributed by atoms with Crippen LogP contribution in [0.2, 0.25) is 0 Å². The lowest BCUT2D eigenvalue weighted by Crippen LogP contribution is -2.07. The highest BCUT2D eigenvalue weighted by molar-refractivity contribution is 5.94. The molecule has 0 spiro atoms. The number of carboxylic acids is 2. The number of hydrogen-bond donors (Lipinski definition) is 2. The second-order valence-corrected chi connectivity index (χ2v) is 3.53. The zero-order valence-corrected chi connectivity index (χ0v) is 9.47. The molecule has 0 unspecified atom stereocenters. The van der Waals surface area contributed by atoms with E-state index in [2.05, 4.69) is 0 Å². The highest BCUT2D eigenvalue weighted by Crippen LogP contribution is 2.14. The molecule has 5 nitrogen and oxygen atoms in total. The summed E-state index contributed by atoms with van der Waals surface area (Å²) >= 11 is 0. The van der Waals surface area contributed by atoms with E-state index in [4.69, 9.17) is 14.9 Å². The van der Waals surface area contributed by atoms with Gasteiger partial charge in [-0.2, -0.15) is 0 Å². The molecule has 2 N–H and O–H groups in total. The molecule has 1 rings (SSSR count). The van der Waals surface area contributed by atoms with Crippen LogP contribution in [0.4, 0.5) is 0 Å². The molecule has 0 radical (unpaired) electrons. The molecule has 0 fully saturated rings. The highest BCUT2D eigenvalue weighted by atomic mass is 16.5. The zero-order chi connectivity index (χ0) is 12.8. The minimum absolute atomic E-state index is 0.0268. The summed E-state index contributed by atoms with van der Waals surface area (Å²) in [7, 11) is 0. The van der Waals surface area contributed by atoms with Gasteiger partial charge in [0.25, 0.3) is 0 Å². The summed E-state index contributed by atoms with van der Waals surface area (Å²) in [5.41, 5.74) is 0.415.